The maximum atomic E-state index is 15.1. The van der Waals surface area contributed by atoms with E-state index in [9.17, 15) is 31.5 Å². The fourth-order valence-corrected chi connectivity index (χ4v) is 4.55. The average molecular weight is 591 g/mol. The van der Waals surface area contributed by atoms with Crippen molar-refractivity contribution in [2.24, 2.45) is 0 Å². The van der Waals surface area contributed by atoms with Crippen LogP contribution in [0.1, 0.15) is 27.4 Å². The predicted octanol–water partition coefficient (Wildman–Crippen LogP) is 6.18. The van der Waals surface area contributed by atoms with Gasteiger partial charge in [0.1, 0.15) is 29.2 Å². The summed E-state index contributed by atoms with van der Waals surface area (Å²) >= 11 is 5.87. The van der Waals surface area contributed by atoms with Gasteiger partial charge in [-0.05, 0) is 42.5 Å². The minimum absolute atomic E-state index is 0.121. The number of ether oxygens (including phenoxy) is 2. The Morgan fingerprint density at radius 1 is 1.02 bits per heavy atom. The Kier molecular flexibility index (Phi) is 8.15. The lowest BCUT2D eigenvalue weighted by atomic mass is 9.92. The van der Waals surface area contributed by atoms with Crippen LogP contribution in [0, 0.1) is 11.6 Å². The number of halogens is 8. The Hall–Kier alpha value is -4.00. The van der Waals surface area contributed by atoms with Crippen LogP contribution >= 0.6 is 11.6 Å². The van der Waals surface area contributed by atoms with Crippen molar-refractivity contribution >= 4 is 29.1 Å². The Labute approximate surface area is 227 Å². The average Bonchev–Trinajstić information content (AvgIpc) is 3.18. The van der Waals surface area contributed by atoms with Crippen LogP contribution in [-0.2, 0) is 11.0 Å². The lowest BCUT2D eigenvalue weighted by Crippen LogP contribution is -2.44. The van der Waals surface area contributed by atoms with E-state index in [-0.39, 0.29) is 27.8 Å². The van der Waals surface area contributed by atoms with Crippen molar-refractivity contribution < 1.29 is 49.8 Å². The zero-order valence-electron chi connectivity index (χ0n) is 20.2. The van der Waals surface area contributed by atoms with Crippen molar-refractivity contribution in [1.82, 2.24) is 5.32 Å². The molecule has 0 radical (unpaired) electrons. The van der Waals surface area contributed by atoms with Gasteiger partial charge in [-0.15, -0.1) is 0 Å². The molecule has 0 aliphatic carbocycles. The molecule has 0 aromatic heterocycles. The van der Waals surface area contributed by atoms with E-state index in [2.05, 4.69) is 10.1 Å². The third kappa shape index (κ3) is 6.09. The van der Waals surface area contributed by atoms with Gasteiger partial charge in [0.05, 0.1) is 12.7 Å². The third-order valence-corrected chi connectivity index (χ3v) is 6.34. The van der Waals surface area contributed by atoms with Crippen LogP contribution < -0.4 is 19.7 Å². The SMILES string of the molecule is COc1cc(F)c([C@@H]2CN(c3cc(Cl)cc(C(F)(F)F)c3)C(=O)C2NC(=O)c2ccc(OC(F)F)cc2)c(F)c1. The number of nitrogens with zero attached hydrogens (tertiary/aromatic N) is 1. The number of amides is 2. The Balaban J connectivity index is 1.73. The summed E-state index contributed by atoms with van der Waals surface area (Å²) in [6.07, 6.45) is -4.82. The zero-order chi connectivity index (χ0) is 29.4. The van der Waals surface area contributed by atoms with Crippen molar-refractivity contribution in [2.45, 2.75) is 24.7 Å². The highest BCUT2D eigenvalue weighted by Gasteiger charge is 2.46. The highest BCUT2D eigenvalue weighted by Crippen LogP contribution is 2.39. The maximum absolute atomic E-state index is 15.1. The molecule has 1 fully saturated rings. The summed E-state index contributed by atoms with van der Waals surface area (Å²) in [6.45, 7) is -3.64. The van der Waals surface area contributed by atoms with Gasteiger partial charge in [-0.25, -0.2) is 8.78 Å². The number of hydrogen-bond acceptors (Lipinski definition) is 4. The van der Waals surface area contributed by atoms with Gasteiger partial charge in [0.25, 0.3) is 5.91 Å². The normalized spacial score (nSPS) is 17.4. The molecule has 0 bridgehead atoms. The fourth-order valence-electron chi connectivity index (χ4n) is 4.32. The molecule has 6 nitrogen and oxygen atoms in total. The second-order valence-electron chi connectivity index (χ2n) is 8.61. The van der Waals surface area contributed by atoms with Gasteiger partial charge in [0.15, 0.2) is 0 Å². The molecule has 212 valence electrons. The van der Waals surface area contributed by atoms with E-state index < -0.39 is 65.9 Å². The van der Waals surface area contributed by atoms with Gasteiger partial charge >= 0.3 is 12.8 Å². The number of nitrogens with one attached hydrogen (secondary N) is 1. The fraction of sp³-hybridized carbons (Fsp3) is 0.231. The lowest BCUT2D eigenvalue weighted by molar-refractivity contribution is -0.137. The molecular weight excluding hydrogens is 573 g/mol. The zero-order valence-corrected chi connectivity index (χ0v) is 21.0. The smallest absolute Gasteiger partial charge is 0.416 e. The van der Waals surface area contributed by atoms with Crippen LogP contribution in [0.15, 0.2) is 54.6 Å². The van der Waals surface area contributed by atoms with E-state index in [0.717, 1.165) is 47.4 Å². The topological polar surface area (TPSA) is 67.9 Å². The van der Waals surface area contributed by atoms with Gasteiger partial charge in [0, 0.05) is 46.4 Å². The second-order valence-corrected chi connectivity index (χ2v) is 9.05. The molecule has 1 saturated heterocycles. The summed E-state index contributed by atoms with van der Waals surface area (Å²) in [5.41, 5.74) is -2.21. The van der Waals surface area contributed by atoms with E-state index in [4.69, 9.17) is 16.3 Å². The van der Waals surface area contributed by atoms with Gasteiger partial charge in [-0.2, -0.15) is 22.0 Å². The quantitative estimate of drug-likeness (QED) is 0.334. The first-order valence-corrected chi connectivity index (χ1v) is 11.7. The van der Waals surface area contributed by atoms with Gasteiger partial charge in [-0.3, -0.25) is 9.59 Å². The minimum atomic E-state index is -4.82. The van der Waals surface area contributed by atoms with Crippen molar-refractivity contribution in [3.8, 4) is 11.5 Å². The van der Waals surface area contributed by atoms with Crippen LogP contribution in [0.5, 0.6) is 11.5 Å². The Morgan fingerprint density at radius 2 is 1.65 bits per heavy atom. The molecule has 0 saturated carbocycles. The summed E-state index contributed by atoms with van der Waals surface area (Å²) < 4.78 is 104. The van der Waals surface area contributed by atoms with E-state index >= 15 is 8.78 Å². The molecule has 14 heteroatoms. The maximum Gasteiger partial charge on any atom is 0.416 e. The number of benzene rings is 3. The molecule has 1 aliphatic rings. The van der Waals surface area contributed by atoms with Gasteiger partial charge in [-0.1, -0.05) is 11.6 Å². The molecule has 4 rings (SSSR count). The molecule has 1 aliphatic heterocycles. The van der Waals surface area contributed by atoms with Crippen molar-refractivity contribution in [2.75, 3.05) is 18.6 Å². The molecule has 1 heterocycles. The summed E-state index contributed by atoms with van der Waals surface area (Å²) in [5, 5.41) is 2.00. The van der Waals surface area contributed by atoms with Crippen LogP contribution in [0.3, 0.4) is 0 Å². The first-order valence-electron chi connectivity index (χ1n) is 11.4. The van der Waals surface area contributed by atoms with Crippen LogP contribution in [-0.4, -0.2) is 38.1 Å². The molecule has 40 heavy (non-hydrogen) atoms. The minimum Gasteiger partial charge on any atom is -0.497 e. The lowest BCUT2D eigenvalue weighted by Gasteiger charge is -2.20. The van der Waals surface area contributed by atoms with E-state index in [1.807, 2.05) is 0 Å². The first kappa shape index (κ1) is 29.0. The summed E-state index contributed by atoms with van der Waals surface area (Å²) in [4.78, 5) is 27.3. The first-order chi connectivity index (χ1) is 18.8. The largest absolute Gasteiger partial charge is 0.497 e. The standard InChI is InChI=1S/C26H18ClF7N2O4/c1-39-17-9-19(28)21(20(29)10-17)18-11-36(15-7-13(26(32,33)34)6-14(27)8-15)24(38)22(18)35-23(37)12-2-4-16(5-3-12)40-25(30)31/h2-10,18,22,25H,11H2,1H3,(H,35,37)/t18-,22?/m0/s1. The second kappa shape index (κ2) is 11.2. The number of carbonyl (C=O) groups excluding carboxylic acids is 2. The predicted molar refractivity (Wildman–Crippen MR) is 129 cm³/mol. The van der Waals surface area contributed by atoms with Crippen LogP contribution in [0.25, 0.3) is 0 Å². The highest BCUT2D eigenvalue weighted by atomic mass is 35.5. The van der Waals surface area contributed by atoms with E-state index in [1.54, 1.807) is 0 Å². The Bertz CT molecular complexity index is 1410. The third-order valence-electron chi connectivity index (χ3n) is 6.12. The number of hydrogen-bond donors (Lipinski definition) is 1. The number of anilines is 1. The highest BCUT2D eigenvalue weighted by molar-refractivity contribution is 6.31. The summed E-state index contributed by atoms with van der Waals surface area (Å²) in [6, 6.07) is 6.78. The molecule has 1 unspecified atom stereocenters. The Morgan fingerprint density at radius 3 is 2.20 bits per heavy atom. The molecule has 2 amide bonds. The number of methoxy groups -OCH3 is 1. The van der Waals surface area contributed by atoms with Crippen molar-refractivity contribution in [3.63, 3.8) is 0 Å². The monoisotopic (exact) mass is 590 g/mol. The molecule has 3 aromatic rings. The number of rotatable bonds is 7. The van der Waals surface area contributed by atoms with Crippen molar-refractivity contribution in [1.29, 1.82) is 0 Å². The molecule has 2 atom stereocenters. The molecule has 3 aromatic carbocycles. The van der Waals surface area contributed by atoms with Crippen molar-refractivity contribution in [3.05, 3.63) is 87.9 Å². The molecule has 0 spiro atoms. The van der Waals surface area contributed by atoms with E-state index in [1.165, 1.54) is 7.11 Å². The van der Waals surface area contributed by atoms with Crippen LogP contribution in [0.2, 0.25) is 5.02 Å². The molecule has 1 N–H and O–H groups in total. The number of alkyl halides is 5. The molecular formula is C26H18ClF7N2O4. The van der Waals surface area contributed by atoms with E-state index in [0.29, 0.717) is 12.1 Å². The van der Waals surface area contributed by atoms with Gasteiger partial charge in [0.2, 0.25) is 5.91 Å². The van der Waals surface area contributed by atoms with Crippen LogP contribution in [0.4, 0.5) is 36.4 Å². The van der Waals surface area contributed by atoms with Gasteiger partial charge < -0.3 is 19.7 Å². The summed E-state index contributed by atoms with van der Waals surface area (Å²) in [5.74, 6) is -5.96. The number of carbonyl (C=O) groups is 2. The summed E-state index contributed by atoms with van der Waals surface area (Å²) in [7, 11) is 1.17.